The molecule has 0 aliphatic carbocycles. The molecule has 0 radical (unpaired) electrons. The summed E-state index contributed by atoms with van der Waals surface area (Å²) in [6.45, 7) is 0. The first kappa shape index (κ1) is 12.2. The van der Waals surface area contributed by atoms with Crippen LogP contribution in [0.1, 0.15) is 0 Å². The molecule has 3 aromatic rings. The zero-order valence-corrected chi connectivity index (χ0v) is 10.4. The van der Waals surface area contributed by atoms with Crippen LogP contribution in [0.3, 0.4) is 0 Å². The monoisotopic (exact) mass is 267 g/mol. The predicted octanol–water partition coefficient (Wildman–Crippen LogP) is 2.43. The molecule has 4 nitrogen and oxygen atoms in total. The van der Waals surface area contributed by atoms with Gasteiger partial charge >= 0.3 is 0 Å². The lowest BCUT2D eigenvalue weighted by Gasteiger charge is -2.08. The lowest BCUT2D eigenvalue weighted by Crippen LogP contribution is -2.16. The van der Waals surface area contributed by atoms with Crippen LogP contribution in [0.4, 0.5) is 4.39 Å². The largest absolute Gasteiger partial charge is 0.284 e. The minimum absolute atomic E-state index is 0.226. The summed E-state index contributed by atoms with van der Waals surface area (Å²) in [5, 5.41) is 0. The molecule has 0 saturated heterocycles. The predicted molar refractivity (Wildman–Crippen MR) is 73.0 cm³/mol. The van der Waals surface area contributed by atoms with Gasteiger partial charge in [0.15, 0.2) is 0 Å². The number of halogens is 1. The number of aromatic nitrogens is 3. The highest BCUT2D eigenvalue weighted by molar-refractivity contribution is 5.60. The zero-order valence-electron chi connectivity index (χ0n) is 10.4. The Bertz CT molecular complexity index is 799. The minimum atomic E-state index is -0.386. The highest BCUT2D eigenvalue weighted by Gasteiger charge is 2.04. The van der Waals surface area contributed by atoms with E-state index < -0.39 is 0 Å². The summed E-state index contributed by atoms with van der Waals surface area (Å²) in [4.78, 5) is 19.8. The van der Waals surface area contributed by atoms with Gasteiger partial charge in [0.05, 0.1) is 5.69 Å². The SMILES string of the molecule is O=c1ccc(-c2cncnc2)cn1-c1cccc(F)c1. The average molecular weight is 267 g/mol. The second kappa shape index (κ2) is 5.05. The summed E-state index contributed by atoms with van der Waals surface area (Å²) in [5.41, 5.74) is 1.83. The van der Waals surface area contributed by atoms with Gasteiger partial charge in [-0.1, -0.05) is 6.07 Å². The minimum Gasteiger partial charge on any atom is -0.284 e. The van der Waals surface area contributed by atoms with Crippen molar-refractivity contribution in [1.82, 2.24) is 14.5 Å². The molecule has 0 N–H and O–H groups in total. The molecule has 98 valence electrons. The Balaban J connectivity index is 2.15. The van der Waals surface area contributed by atoms with E-state index in [1.54, 1.807) is 36.8 Å². The quantitative estimate of drug-likeness (QED) is 0.716. The lowest BCUT2D eigenvalue weighted by atomic mass is 10.1. The van der Waals surface area contributed by atoms with E-state index in [1.165, 1.54) is 29.1 Å². The normalized spacial score (nSPS) is 10.4. The maximum atomic E-state index is 13.3. The van der Waals surface area contributed by atoms with Crippen molar-refractivity contribution in [2.75, 3.05) is 0 Å². The van der Waals surface area contributed by atoms with Crippen LogP contribution in [0.2, 0.25) is 0 Å². The van der Waals surface area contributed by atoms with Crippen LogP contribution in [-0.2, 0) is 0 Å². The second-order valence-corrected chi connectivity index (χ2v) is 4.23. The van der Waals surface area contributed by atoms with Gasteiger partial charge in [-0.2, -0.15) is 0 Å². The fraction of sp³-hybridized carbons (Fsp3) is 0. The molecule has 0 aliphatic rings. The summed E-state index contributed by atoms with van der Waals surface area (Å²) in [5.74, 6) is -0.386. The number of hydrogen-bond acceptors (Lipinski definition) is 3. The van der Waals surface area contributed by atoms with E-state index >= 15 is 0 Å². The number of hydrogen-bond donors (Lipinski definition) is 0. The van der Waals surface area contributed by atoms with Gasteiger partial charge in [-0.05, 0) is 24.3 Å². The molecule has 5 heteroatoms. The molecule has 0 bridgehead atoms. The molecule has 20 heavy (non-hydrogen) atoms. The van der Waals surface area contributed by atoms with Crippen LogP contribution in [0.25, 0.3) is 16.8 Å². The Kier molecular flexibility index (Phi) is 3.09. The molecule has 3 rings (SSSR count). The molecular formula is C15H10FN3O. The second-order valence-electron chi connectivity index (χ2n) is 4.23. The van der Waals surface area contributed by atoms with Gasteiger partial charge in [-0.3, -0.25) is 9.36 Å². The number of rotatable bonds is 2. The van der Waals surface area contributed by atoms with E-state index in [-0.39, 0.29) is 11.4 Å². The fourth-order valence-electron chi connectivity index (χ4n) is 1.93. The molecule has 0 fully saturated rings. The number of pyridine rings is 1. The first-order valence-electron chi connectivity index (χ1n) is 5.98. The van der Waals surface area contributed by atoms with E-state index in [9.17, 15) is 9.18 Å². The molecule has 2 aromatic heterocycles. The Morgan fingerprint density at radius 1 is 1.00 bits per heavy atom. The summed E-state index contributed by atoms with van der Waals surface area (Å²) in [7, 11) is 0. The van der Waals surface area contributed by atoms with Crippen molar-refractivity contribution in [3.8, 4) is 16.8 Å². The summed E-state index contributed by atoms with van der Waals surface area (Å²) >= 11 is 0. The van der Waals surface area contributed by atoms with Crippen molar-refractivity contribution >= 4 is 0 Å². The first-order chi connectivity index (χ1) is 9.74. The Morgan fingerprint density at radius 3 is 2.55 bits per heavy atom. The molecule has 0 spiro atoms. The molecule has 0 amide bonds. The molecule has 1 aromatic carbocycles. The van der Waals surface area contributed by atoms with E-state index in [1.807, 2.05) is 0 Å². The lowest BCUT2D eigenvalue weighted by molar-refractivity contribution is 0.626. The third-order valence-electron chi connectivity index (χ3n) is 2.89. The third-order valence-corrected chi connectivity index (χ3v) is 2.89. The van der Waals surface area contributed by atoms with Crippen molar-refractivity contribution in [2.45, 2.75) is 0 Å². The third kappa shape index (κ3) is 2.33. The first-order valence-corrected chi connectivity index (χ1v) is 5.98. The maximum absolute atomic E-state index is 13.3. The van der Waals surface area contributed by atoms with Crippen LogP contribution >= 0.6 is 0 Å². The van der Waals surface area contributed by atoms with E-state index in [0.29, 0.717) is 5.69 Å². The van der Waals surface area contributed by atoms with Crippen LogP contribution in [0, 0.1) is 5.82 Å². The number of benzene rings is 1. The van der Waals surface area contributed by atoms with E-state index in [2.05, 4.69) is 9.97 Å². The topological polar surface area (TPSA) is 47.8 Å². The molecule has 0 saturated carbocycles. The van der Waals surface area contributed by atoms with Crippen molar-refractivity contribution in [1.29, 1.82) is 0 Å². The summed E-state index contributed by atoms with van der Waals surface area (Å²) in [6.07, 6.45) is 6.40. The molecular weight excluding hydrogens is 257 g/mol. The Morgan fingerprint density at radius 2 is 1.80 bits per heavy atom. The molecule has 0 unspecified atom stereocenters. The van der Waals surface area contributed by atoms with Crippen molar-refractivity contribution in [2.24, 2.45) is 0 Å². The Hall–Kier alpha value is -2.82. The van der Waals surface area contributed by atoms with Gasteiger partial charge in [0, 0.05) is 35.8 Å². The zero-order chi connectivity index (χ0) is 13.9. The average Bonchev–Trinajstić information content (AvgIpc) is 2.48. The number of nitrogens with zero attached hydrogens (tertiary/aromatic N) is 3. The Labute approximate surface area is 114 Å². The van der Waals surface area contributed by atoms with Crippen LogP contribution < -0.4 is 5.56 Å². The highest BCUT2D eigenvalue weighted by Crippen LogP contribution is 2.17. The summed E-state index contributed by atoms with van der Waals surface area (Å²) < 4.78 is 14.7. The van der Waals surface area contributed by atoms with E-state index in [0.717, 1.165) is 11.1 Å². The fourth-order valence-corrected chi connectivity index (χ4v) is 1.93. The van der Waals surface area contributed by atoms with Gasteiger partial charge < -0.3 is 0 Å². The van der Waals surface area contributed by atoms with Crippen LogP contribution in [0.5, 0.6) is 0 Å². The van der Waals surface area contributed by atoms with Gasteiger partial charge in [0.1, 0.15) is 12.1 Å². The van der Waals surface area contributed by atoms with Crippen LogP contribution in [-0.4, -0.2) is 14.5 Å². The van der Waals surface area contributed by atoms with Gasteiger partial charge in [0.25, 0.3) is 5.56 Å². The molecule has 2 heterocycles. The van der Waals surface area contributed by atoms with Gasteiger partial charge in [-0.25, -0.2) is 14.4 Å². The highest BCUT2D eigenvalue weighted by atomic mass is 19.1. The van der Waals surface area contributed by atoms with E-state index in [4.69, 9.17) is 0 Å². The van der Waals surface area contributed by atoms with Crippen LogP contribution in [0.15, 0.2) is 66.1 Å². The summed E-state index contributed by atoms with van der Waals surface area (Å²) in [6, 6.07) is 9.02. The molecule has 0 atom stereocenters. The van der Waals surface area contributed by atoms with Gasteiger partial charge in [-0.15, -0.1) is 0 Å². The smallest absolute Gasteiger partial charge is 0.255 e. The van der Waals surface area contributed by atoms with Crippen molar-refractivity contribution < 1.29 is 4.39 Å². The standard InChI is InChI=1S/C15H10FN3O/c16-13-2-1-3-14(6-13)19-9-11(4-5-15(19)20)12-7-17-10-18-8-12/h1-10H. The van der Waals surface area contributed by atoms with Crippen molar-refractivity contribution in [3.05, 3.63) is 77.5 Å². The molecule has 0 aliphatic heterocycles. The van der Waals surface area contributed by atoms with Crippen molar-refractivity contribution in [3.63, 3.8) is 0 Å². The maximum Gasteiger partial charge on any atom is 0.255 e. The van der Waals surface area contributed by atoms with Gasteiger partial charge in [0.2, 0.25) is 0 Å².